The molecule has 2 bridgehead atoms. The second kappa shape index (κ2) is 3.57. The van der Waals surface area contributed by atoms with E-state index in [1.54, 1.807) is 0 Å². The summed E-state index contributed by atoms with van der Waals surface area (Å²) in [4.78, 5) is 0. The molecule has 16 heavy (non-hydrogen) atoms. The summed E-state index contributed by atoms with van der Waals surface area (Å²) in [6, 6.07) is 0. The third-order valence-electron chi connectivity index (χ3n) is 4.17. The Bertz CT molecular complexity index is 268. The van der Waals surface area contributed by atoms with Gasteiger partial charge in [0.15, 0.2) is 0 Å². The van der Waals surface area contributed by atoms with E-state index in [9.17, 15) is 17.6 Å². The molecule has 3 aliphatic rings. The highest BCUT2D eigenvalue weighted by molar-refractivity contribution is 5.10. The van der Waals surface area contributed by atoms with E-state index in [2.05, 4.69) is 0 Å². The molecule has 0 radical (unpaired) electrons. The van der Waals surface area contributed by atoms with Crippen LogP contribution in [-0.4, -0.2) is 24.9 Å². The molecule has 0 aromatic carbocycles. The normalized spacial score (nSPS) is 44.6. The highest BCUT2D eigenvalue weighted by Gasteiger charge is 2.73. The van der Waals surface area contributed by atoms with E-state index in [0.29, 0.717) is 0 Å². The SMILES string of the molecule is NCC1CC2CC(CN)C1C(F)(F)C2(F)F. The Morgan fingerprint density at radius 3 is 1.62 bits per heavy atom. The molecule has 0 amide bonds. The van der Waals surface area contributed by atoms with Gasteiger partial charge in [-0.2, -0.15) is 17.6 Å². The average molecular weight is 240 g/mol. The van der Waals surface area contributed by atoms with Crippen molar-refractivity contribution in [2.24, 2.45) is 35.1 Å². The number of rotatable bonds is 2. The lowest BCUT2D eigenvalue weighted by molar-refractivity contribution is -0.326. The zero-order valence-corrected chi connectivity index (χ0v) is 8.80. The molecule has 2 nitrogen and oxygen atoms in total. The first kappa shape index (κ1) is 12.1. The summed E-state index contributed by atoms with van der Waals surface area (Å²) in [5.41, 5.74) is 10.8. The molecule has 4 N–H and O–H groups in total. The molecule has 2 atom stereocenters. The predicted molar refractivity (Wildman–Crippen MR) is 51.2 cm³/mol. The predicted octanol–water partition coefficient (Wildman–Crippen LogP) is 1.45. The molecule has 3 aliphatic carbocycles. The first-order valence-corrected chi connectivity index (χ1v) is 5.52. The molecule has 2 unspecified atom stereocenters. The minimum atomic E-state index is -3.96. The van der Waals surface area contributed by atoms with E-state index >= 15 is 0 Å². The summed E-state index contributed by atoms with van der Waals surface area (Å²) in [5.74, 6) is -11.5. The monoisotopic (exact) mass is 240 g/mol. The Labute approximate surface area is 91.4 Å². The van der Waals surface area contributed by atoms with Gasteiger partial charge in [0.05, 0.1) is 0 Å². The van der Waals surface area contributed by atoms with Crippen LogP contribution in [0.4, 0.5) is 17.6 Å². The molecule has 3 fully saturated rings. The van der Waals surface area contributed by atoms with E-state index in [1.165, 1.54) is 0 Å². The number of hydrogen-bond acceptors (Lipinski definition) is 2. The number of fused-ring (bicyclic) bond motifs is 3. The largest absolute Gasteiger partial charge is 0.330 e. The summed E-state index contributed by atoms with van der Waals surface area (Å²) in [7, 11) is 0. The van der Waals surface area contributed by atoms with Crippen molar-refractivity contribution >= 4 is 0 Å². The van der Waals surface area contributed by atoms with Crippen LogP contribution in [0.3, 0.4) is 0 Å². The first-order valence-electron chi connectivity index (χ1n) is 5.52. The van der Waals surface area contributed by atoms with Crippen molar-refractivity contribution in [3.63, 3.8) is 0 Å². The smallest absolute Gasteiger partial charge is 0.313 e. The van der Waals surface area contributed by atoms with Crippen LogP contribution in [0.15, 0.2) is 0 Å². The Balaban J connectivity index is 2.38. The Morgan fingerprint density at radius 1 is 0.875 bits per heavy atom. The zero-order chi connectivity index (χ0) is 12.1. The summed E-state index contributed by atoms with van der Waals surface area (Å²) < 4.78 is 54.3. The molecule has 0 aliphatic heterocycles. The van der Waals surface area contributed by atoms with Crippen LogP contribution in [0.25, 0.3) is 0 Å². The second-order valence-electron chi connectivity index (χ2n) is 4.93. The maximum absolute atomic E-state index is 13.7. The minimum Gasteiger partial charge on any atom is -0.330 e. The van der Waals surface area contributed by atoms with Crippen molar-refractivity contribution in [3.8, 4) is 0 Å². The van der Waals surface area contributed by atoms with Crippen LogP contribution in [0.2, 0.25) is 0 Å². The number of alkyl halides is 4. The maximum Gasteiger partial charge on any atom is 0.313 e. The number of nitrogens with two attached hydrogens (primary N) is 2. The van der Waals surface area contributed by atoms with Crippen molar-refractivity contribution in [1.29, 1.82) is 0 Å². The highest BCUT2D eigenvalue weighted by atomic mass is 19.3. The highest BCUT2D eigenvalue weighted by Crippen LogP contribution is 2.62. The molecule has 0 aromatic heterocycles. The topological polar surface area (TPSA) is 52.0 Å². The molecule has 3 saturated carbocycles. The van der Waals surface area contributed by atoms with Crippen molar-refractivity contribution in [2.45, 2.75) is 24.7 Å². The quantitative estimate of drug-likeness (QED) is 0.718. The molecule has 0 spiro atoms. The standard InChI is InChI=1S/C10H16F4N2/c11-9(12)7-1-5(3-15)8(10(9,13)14)6(2-7)4-16/h5-8H,1-4,15-16H2. The summed E-state index contributed by atoms with van der Waals surface area (Å²) in [6.45, 7) is 0.0622. The Hall–Kier alpha value is -0.360. The van der Waals surface area contributed by atoms with Gasteiger partial charge in [-0.3, -0.25) is 0 Å². The third-order valence-corrected chi connectivity index (χ3v) is 4.17. The number of halogens is 4. The third kappa shape index (κ3) is 1.32. The van der Waals surface area contributed by atoms with Gasteiger partial charge in [0, 0.05) is 11.8 Å². The maximum atomic E-state index is 13.7. The molecule has 0 heterocycles. The van der Waals surface area contributed by atoms with Gasteiger partial charge in [-0.1, -0.05) is 0 Å². The van der Waals surface area contributed by atoms with E-state index in [-0.39, 0.29) is 25.9 Å². The van der Waals surface area contributed by atoms with Gasteiger partial charge in [0.1, 0.15) is 0 Å². The van der Waals surface area contributed by atoms with Crippen molar-refractivity contribution in [2.75, 3.05) is 13.1 Å². The van der Waals surface area contributed by atoms with Crippen LogP contribution < -0.4 is 11.5 Å². The fourth-order valence-corrected chi connectivity index (χ4v) is 3.37. The van der Waals surface area contributed by atoms with Gasteiger partial charge in [-0.15, -0.1) is 0 Å². The molecule has 0 saturated heterocycles. The molecule has 0 aromatic rings. The zero-order valence-electron chi connectivity index (χ0n) is 8.80. The summed E-state index contributed by atoms with van der Waals surface area (Å²) in [5, 5.41) is 0. The van der Waals surface area contributed by atoms with Gasteiger partial charge in [-0.05, 0) is 37.8 Å². The van der Waals surface area contributed by atoms with Crippen LogP contribution in [0.5, 0.6) is 0 Å². The lowest BCUT2D eigenvalue weighted by atomic mass is 9.56. The van der Waals surface area contributed by atoms with Crippen molar-refractivity contribution in [3.05, 3.63) is 0 Å². The van der Waals surface area contributed by atoms with Gasteiger partial charge in [0.25, 0.3) is 0 Å². The van der Waals surface area contributed by atoms with Crippen LogP contribution in [-0.2, 0) is 0 Å². The molecule has 6 heteroatoms. The van der Waals surface area contributed by atoms with E-state index in [0.717, 1.165) is 0 Å². The van der Waals surface area contributed by atoms with E-state index < -0.39 is 35.5 Å². The van der Waals surface area contributed by atoms with E-state index in [1.807, 2.05) is 0 Å². The van der Waals surface area contributed by atoms with Crippen molar-refractivity contribution < 1.29 is 17.6 Å². The minimum absolute atomic E-state index is 0.0311. The lowest BCUT2D eigenvalue weighted by Crippen LogP contribution is -2.66. The second-order valence-corrected chi connectivity index (χ2v) is 4.93. The summed E-state index contributed by atoms with van der Waals surface area (Å²) in [6.07, 6.45) is 0.195. The van der Waals surface area contributed by atoms with Gasteiger partial charge in [0.2, 0.25) is 0 Å². The molecule has 3 rings (SSSR count). The van der Waals surface area contributed by atoms with Gasteiger partial charge in [-0.25, -0.2) is 0 Å². The number of hydrogen-bond donors (Lipinski definition) is 2. The first-order chi connectivity index (χ1) is 7.36. The lowest BCUT2D eigenvalue weighted by Gasteiger charge is -2.55. The van der Waals surface area contributed by atoms with Crippen LogP contribution in [0, 0.1) is 23.7 Å². The van der Waals surface area contributed by atoms with Crippen molar-refractivity contribution in [1.82, 2.24) is 0 Å². The molecular formula is C10H16F4N2. The Morgan fingerprint density at radius 2 is 1.31 bits per heavy atom. The van der Waals surface area contributed by atoms with E-state index in [4.69, 9.17) is 11.5 Å². The summed E-state index contributed by atoms with van der Waals surface area (Å²) >= 11 is 0. The molecular weight excluding hydrogens is 224 g/mol. The average Bonchev–Trinajstić information content (AvgIpc) is 2.24. The Kier molecular flexibility index (Phi) is 2.70. The fraction of sp³-hybridized carbons (Fsp3) is 1.00. The van der Waals surface area contributed by atoms with Gasteiger partial charge < -0.3 is 11.5 Å². The molecule has 94 valence electrons. The van der Waals surface area contributed by atoms with Crippen LogP contribution >= 0.6 is 0 Å². The van der Waals surface area contributed by atoms with Crippen LogP contribution in [0.1, 0.15) is 12.8 Å². The fourth-order valence-electron chi connectivity index (χ4n) is 3.37. The van der Waals surface area contributed by atoms with Gasteiger partial charge >= 0.3 is 11.8 Å².